The maximum atomic E-state index is 12.3. The second kappa shape index (κ2) is 10.4. The number of carbonyl (C=O) groups is 2. The van der Waals surface area contributed by atoms with Crippen molar-refractivity contribution >= 4 is 39.7 Å². The van der Waals surface area contributed by atoms with E-state index in [4.69, 9.17) is 4.74 Å². The lowest BCUT2D eigenvalue weighted by Gasteiger charge is -2.09. The SMILES string of the molecule is Cc1ccccc1NCC(=O)N/N=C/c1cc(Br)ccc1OC(=O)c1ccccc1. The Hall–Kier alpha value is -3.45. The van der Waals surface area contributed by atoms with Crippen molar-refractivity contribution in [3.05, 3.63) is 94.0 Å². The Kier molecular flexibility index (Phi) is 7.34. The van der Waals surface area contributed by atoms with Gasteiger partial charge in [-0.2, -0.15) is 5.10 Å². The third-order valence-electron chi connectivity index (χ3n) is 4.16. The van der Waals surface area contributed by atoms with Gasteiger partial charge in [-0.15, -0.1) is 0 Å². The third-order valence-corrected chi connectivity index (χ3v) is 4.65. The minimum atomic E-state index is -0.473. The number of halogens is 1. The smallest absolute Gasteiger partial charge is 0.343 e. The summed E-state index contributed by atoms with van der Waals surface area (Å²) in [7, 11) is 0. The average Bonchev–Trinajstić information content (AvgIpc) is 2.75. The van der Waals surface area contributed by atoms with E-state index in [1.165, 1.54) is 6.21 Å². The second-order valence-electron chi connectivity index (χ2n) is 6.40. The first-order valence-electron chi connectivity index (χ1n) is 9.21. The van der Waals surface area contributed by atoms with Crippen molar-refractivity contribution in [3.63, 3.8) is 0 Å². The van der Waals surface area contributed by atoms with Gasteiger partial charge in [-0.1, -0.05) is 52.3 Å². The molecule has 0 aliphatic heterocycles. The quantitative estimate of drug-likeness (QED) is 0.232. The monoisotopic (exact) mass is 465 g/mol. The number of benzene rings is 3. The van der Waals surface area contributed by atoms with Crippen molar-refractivity contribution in [2.45, 2.75) is 6.92 Å². The molecule has 30 heavy (non-hydrogen) atoms. The number of hydrogen-bond acceptors (Lipinski definition) is 5. The van der Waals surface area contributed by atoms with Gasteiger partial charge in [0.05, 0.1) is 18.3 Å². The van der Waals surface area contributed by atoms with Gasteiger partial charge in [0, 0.05) is 15.7 Å². The molecule has 3 aromatic carbocycles. The van der Waals surface area contributed by atoms with Crippen LogP contribution in [0.4, 0.5) is 5.69 Å². The summed E-state index contributed by atoms with van der Waals surface area (Å²) in [4.78, 5) is 24.4. The standard InChI is InChI=1S/C23H20BrN3O3/c1-16-7-5-6-10-20(16)25-15-22(28)27-26-14-18-13-19(24)11-12-21(18)30-23(29)17-8-3-2-4-9-17/h2-14,25H,15H2,1H3,(H,27,28)/b26-14+. The van der Waals surface area contributed by atoms with Crippen molar-refractivity contribution in [3.8, 4) is 5.75 Å². The molecule has 1 amide bonds. The molecule has 6 nitrogen and oxygen atoms in total. The summed E-state index contributed by atoms with van der Waals surface area (Å²) in [6.07, 6.45) is 1.43. The van der Waals surface area contributed by atoms with E-state index in [9.17, 15) is 9.59 Å². The highest BCUT2D eigenvalue weighted by atomic mass is 79.9. The molecule has 0 aliphatic carbocycles. The summed E-state index contributed by atoms with van der Waals surface area (Å²) >= 11 is 3.39. The first kappa shape index (κ1) is 21.3. The van der Waals surface area contributed by atoms with E-state index in [0.29, 0.717) is 16.9 Å². The number of aryl methyl sites for hydroxylation is 1. The minimum absolute atomic E-state index is 0.0799. The molecule has 0 saturated carbocycles. The Labute approximate surface area is 183 Å². The minimum Gasteiger partial charge on any atom is -0.422 e. The van der Waals surface area contributed by atoms with Gasteiger partial charge in [-0.3, -0.25) is 4.79 Å². The maximum absolute atomic E-state index is 12.3. The van der Waals surface area contributed by atoms with Crippen molar-refractivity contribution < 1.29 is 14.3 Å². The molecule has 0 unspecified atom stereocenters. The number of para-hydroxylation sites is 1. The molecule has 0 atom stereocenters. The Balaban J connectivity index is 1.62. The fourth-order valence-corrected chi connectivity index (χ4v) is 2.99. The predicted octanol–water partition coefficient (Wildman–Crippen LogP) is 4.54. The van der Waals surface area contributed by atoms with Gasteiger partial charge in [0.2, 0.25) is 0 Å². The van der Waals surface area contributed by atoms with Crippen LogP contribution in [0.15, 0.2) is 82.4 Å². The first-order chi connectivity index (χ1) is 14.5. The molecule has 0 aliphatic rings. The summed E-state index contributed by atoms with van der Waals surface area (Å²) in [6, 6.07) is 21.6. The summed E-state index contributed by atoms with van der Waals surface area (Å²) in [5.41, 5.74) is 5.39. The molecular weight excluding hydrogens is 446 g/mol. The largest absolute Gasteiger partial charge is 0.422 e. The molecule has 0 heterocycles. The summed E-state index contributed by atoms with van der Waals surface area (Å²) in [5, 5.41) is 7.04. The van der Waals surface area contributed by atoms with Crippen LogP contribution in [0.3, 0.4) is 0 Å². The molecular formula is C23H20BrN3O3. The Morgan fingerprint density at radius 1 is 1.03 bits per heavy atom. The van der Waals surface area contributed by atoms with Crippen molar-refractivity contribution in [2.24, 2.45) is 5.10 Å². The number of esters is 1. The highest BCUT2D eigenvalue weighted by Crippen LogP contribution is 2.23. The van der Waals surface area contributed by atoms with E-state index in [-0.39, 0.29) is 12.5 Å². The third kappa shape index (κ3) is 6.02. The van der Waals surface area contributed by atoms with Gasteiger partial charge in [-0.05, 0) is 48.9 Å². The van der Waals surface area contributed by atoms with Gasteiger partial charge >= 0.3 is 5.97 Å². The average molecular weight is 466 g/mol. The van der Waals surface area contributed by atoms with Crippen LogP contribution in [0.25, 0.3) is 0 Å². The van der Waals surface area contributed by atoms with Crippen molar-refractivity contribution in [2.75, 3.05) is 11.9 Å². The van der Waals surface area contributed by atoms with Crippen LogP contribution in [0.1, 0.15) is 21.5 Å². The zero-order valence-corrected chi connectivity index (χ0v) is 17.8. The Bertz CT molecular complexity index is 1070. The number of carbonyl (C=O) groups excluding carboxylic acids is 2. The molecule has 2 N–H and O–H groups in total. The fourth-order valence-electron chi connectivity index (χ4n) is 2.61. The number of amides is 1. The molecule has 0 spiro atoms. The van der Waals surface area contributed by atoms with Gasteiger partial charge < -0.3 is 10.1 Å². The van der Waals surface area contributed by atoms with E-state index >= 15 is 0 Å². The van der Waals surface area contributed by atoms with Crippen LogP contribution < -0.4 is 15.5 Å². The lowest BCUT2D eigenvalue weighted by molar-refractivity contribution is -0.119. The second-order valence-corrected chi connectivity index (χ2v) is 7.32. The number of anilines is 1. The highest BCUT2D eigenvalue weighted by molar-refractivity contribution is 9.10. The van der Waals surface area contributed by atoms with E-state index in [1.807, 2.05) is 37.3 Å². The normalized spacial score (nSPS) is 10.6. The lowest BCUT2D eigenvalue weighted by atomic mass is 10.2. The van der Waals surface area contributed by atoms with E-state index in [0.717, 1.165) is 15.7 Å². The van der Waals surface area contributed by atoms with E-state index in [1.54, 1.807) is 42.5 Å². The number of nitrogens with one attached hydrogen (secondary N) is 2. The van der Waals surface area contributed by atoms with Gasteiger partial charge in [0.1, 0.15) is 5.75 Å². The Morgan fingerprint density at radius 3 is 2.53 bits per heavy atom. The molecule has 0 saturated heterocycles. The van der Waals surface area contributed by atoms with Gasteiger partial charge in [-0.25, -0.2) is 10.2 Å². The van der Waals surface area contributed by atoms with Crippen LogP contribution in [0, 0.1) is 6.92 Å². The number of hydrazone groups is 1. The predicted molar refractivity (Wildman–Crippen MR) is 121 cm³/mol. The van der Waals surface area contributed by atoms with Crippen molar-refractivity contribution in [1.29, 1.82) is 0 Å². The van der Waals surface area contributed by atoms with E-state index in [2.05, 4.69) is 31.8 Å². The zero-order chi connectivity index (χ0) is 21.3. The van der Waals surface area contributed by atoms with E-state index < -0.39 is 5.97 Å². The number of nitrogens with zero attached hydrogens (tertiary/aromatic N) is 1. The van der Waals surface area contributed by atoms with Crippen LogP contribution in [-0.4, -0.2) is 24.6 Å². The topological polar surface area (TPSA) is 79.8 Å². The number of hydrogen-bond donors (Lipinski definition) is 2. The number of ether oxygens (including phenoxy) is 1. The first-order valence-corrected chi connectivity index (χ1v) is 10.0. The van der Waals surface area contributed by atoms with Crippen LogP contribution >= 0.6 is 15.9 Å². The molecule has 0 fully saturated rings. The summed E-state index contributed by atoms with van der Waals surface area (Å²) in [6.45, 7) is 2.04. The van der Waals surface area contributed by atoms with Crippen LogP contribution in [0.2, 0.25) is 0 Å². The Morgan fingerprint density at radius 2 is 1.77 bits per heavy atom. The lowest BCUT2D eigenvalue weighted by Crippen LogP contribution is -2.26. The molecule has 0 bridgehead atoms. The fraction of sp³-hybridized carbons (Fsp3) is 0.0870. The van der Waals surface area contributed by atoms with Gasteiger partial charge in [0.15, 0.2) is 0 Å². The van der Waals surface area contributed by atoms with Crippen LogP contribution in [0.5, 0.6) is 5.75 Å². The molecule has 7 heteroatoms. The maximum Gasteiger partial charge on any atom is 0.343 e. The molecule has 152 valence electrons. The zero-order valence-electron chi connectivity index (χ0n) is 16.3. The van der Waals surface area contributed by atoms with Gasteiger partial charge in [0.25, 0.3) is 5.91 Å². The molecule has 3 rings (SSSR count). The summed E-state index contributed by atoms with van der Waals surface area (Å²) < 4.78 is 6.27. The molecule has 0 radical (unpaired) electrons. The number of rotatable bonds is 7. The molecule has 3 aromatic rings. The molecule has 0 aromatic heterocycles. The van der Waals surface area contributed by atoms with Crippen molar-refractivity contribution in [1.82, 2.24) is 5.43 Å². The summed E-state index contributed by atoms with van der Waals surface area (Å²) in [5.74, 6) is -0.436. The van der Waals surface area contributed by atoms with Crippen LogP contribution in [-0.2, 0) is 4.79 Å². The highest BCUT2D eigenvalue weighted by Gasteiger charge is 2.11.